The van der Waals surface area contributed by atoms with Crippen LogP contribution < -0.4 is 10.6 Å². The number of carbonyl (C=O) groups is 2. The Morgan fingerprint density at radius 3 is 2.33 bits per heavy atom. The first-order valence-electron chi connectivity index (χ1n) is 9.49. The van der Waals surface area contributed by atoms with Gasteiger partial charge < -0.3 is 10.6 Å². The van der Waals surface area contributed by atoms with E-state index < -0.39 is 0 Å². The van der Waals surface area contributed by atoms with Crippen LogP contribution in [0.15, 0.2) is 17.1 Å². The number of rotatable bonds is 7. The van der Waals surface area contributed by atoms with Crippen molar-refractivity contribution in [2.75, 3.05) is 32.4 Å². The lowest BCUT2D eigenvalue weighted by molar-refractivity contribution is -0.140. The molecule has 3 aliphatic rings. The molecule has 1 saturated carbocycles. The summed E-state index contributed by atoms with van der Waals surface area (Å²) in [6, 6.07) is 0. The van der Waals surface area contributed by atoms with Crippen LogP contribution in [0.1, 0.15) is 27.2 Å². The second-order valence-electron chi connectivity index (χ2n) is 7.91. The second-order valence-corrected chi connectivity index (χ2v) is 9.43. The van der Waals surface area contributed by atoms with Gasteiger partial charge in [-0.1, -0.05) is 12.2 Å². The van der Waals surface area contributed by atoms with Crippen molar-refractivity contribution in [1.29, 1.82) is 0 Å². The fourth-order valence-corrected chi connectivity index (χ4v) is 4.34. The number of aliphatic imine (C=N–C) groups is 1. The summed E-state index contributed by atoms with van der Waals surface area (Å²) < 4.78 is 0.0763. The Balaban J connectivity index is 0.00000261. The summed E-state index contributed by atoms with van der Waals surface area (Å²) in [5.41, 5.74) is 0. The van der Waals surface area contributed by atoms with E-state index in [0.717, 1.165) is 18.9 Å². The first-order valence-corrected chi connectivity index (χ1v) is 10.7. The number of fused-ring (bicyclic) bond motifs is 5. The van der Waals surface area contributed by atoms with Crippen LogP contribution in [0.3, 0.4) is 0 Å². The molecule has 152 valence electrons. The molecule has 27 heavy (non-hydrogen) atoms. The summed E-state index contributed by atoms with van der Waals surface area (Å²) >= 11 is 1.78. The zero-order valence-electron chi connectivity index (χ0n) is 16.5. The maximum absolute atomic E-state index is 12.7. The Hall–Kier alpha value is -0.770. The summed E-state index contributed by atoms with van der Waals surface area (Å²) in [6.07, 6.45) is 7.31. The molecule has 8 heteroatoms. The number of nitrogens with zero attached hydrogens (tertiary/aromatic N) is 2. The fourth-order valence-electron chi connectivity index (χ4n) is 4.15. The molecule has 1 saturated heterocycles. The van der Waals surface area contributed by atoms with E-state index in [4.69, 9.17) is 0 Å². The molecule has 4 unspecified atom stereocenters. The van der Waals surface area contributed by atoms with Crippen LogP contribution in [0.2, 0.25) is 0 Å². The van der Waals surface area contributed by atoms with Gasteiger partial charge >= 0.3 is 0 Å². The van der Waals surface area contributed by atoms with E-state index in [1.165, 1.54) is 4.90 Å². The normalized spacial score (nSPS) is 29.2. The van der Waals surface area contributed by atoms with Crippen LogP contribution in [0.4, 0.5) is 0 Å². The Labute approximate surface area is 183 Å². The van der Waals surface area contributed by atoms with Crippen molar-refractivity contribution >= 4 is 53.5 Å². The largest absolute Gasteiger partial charge is 0.357 e. The molecule has 0 aromatic rings. The summed E-state index contributed by atoms with van der Waals surface area (Å²) in [6.45, 7) is 8.73. The first kappa shape index (κ1) is 22.5. The highest BCUT2D eigenvalue weighted by Crippen LogP contribution is 2.52. The summed E-state index contributed by atoms with van der Waals surface area (Å²) in [5, 5.41) is 6.48. The lowest BCUT2D eigenvalue weighted by Crippen LogP contribution is -2.44. The second kappa shape index (κ2) is 9.15. The molecular formula is C19H31IN4O2S. The number of hydrogen-bond acceptors (Lipinski definition) is 4. The van der Waals surface area contributed by atoms with Crippen molar-refractivity contribution in [3.63, 3.8) is 0 Å². The summed E-state index contributed by atoms with van der Waals surface area (Å²) in [4.78, 5) is 31.4. The minimum Gasteiger partial charge on any atom is -0.357 e. The smallest absolute Gasteiger partial charge is 0.233 e. The molecule has 2 amide bonds. The number of likely N-dealkylation sites (tertiary alicyclic amines) is 1. The molecule has 0 radical (unpaired) electrons. The van der Waals surface area contributed by atoms with E-state index in [-0.39, 0.29) is 64.2 Å². The van der Waals surface area contributed by atoms with Crippen LogP contribution in [0.25, 0.3) is 0 Å². The van der Waals surface area contributed by atoms with E-state index in [2.05, 4.69) is 47.9 Å². The van der Waals surface area contributed by atoms with Crippen LogP contribution >= 0.6 is 35.7 Å². The van der Waals surface area contributed by atoms with E-state index in [1.807, 2.05) is 6.92 Å². The van der Waals surface area contributed by atoms with Gasteiger partial charge in [0.25, 0.3) is 0 Å². The number of imide groups is 1. The maximum atomic E-state index is 12.7. The average Bonchev–Trinajstić information content (AvgIpc) is 3.29. The Morgan fingerprint density at radius 1 is 1.22 bits per heavy atom. The lowest BCUT2D eigenvalue weighted by atomic mass is 9.85. The Morgan fingerprint density at radius 2 is 1.81 bits per heavy atom. The molecule has 2 fully saturated rings. The molecule has 4 atom stereocenters. The number of halogens is 1. The molecule has 2 N–H and O–H groups in total. The van der Waals surface area contributed by atoms with Crippen LogP contribution in [0, 0.1) is 23.7 Å². The fraction of sp³-hybridized carbons (Fsp3) is 0.737. The zero-order valence-corrected chi connectivity index (χ0v) is 19.7. The lowest BCUT2D eigenvalue weighted by Gasteiger charge is -2.21. The molecule has 6 nitrogen and oxygen atoms in total. The van der Waals surface area contributed by atoms with Gasteiger partial charge in [0, 0.05) is 24.4 Å². The third-order valence-electron chi connectivity index (χ3n) is 5.70. The third-order valence-corrected chi connectivity index (χ3v) is 6.94. The van der Waals surface area contributed by atoms with E-state index in [9.17, 15) is 9.59 Å². The highest BCUT2D eigenvalue weighted by Gasteiger charge is 2.58. The number of thioether (sulfide) groups is 1. The van der Waals surface area contributed by atoms with Gasteiger partial charge in [-0.05, 0) is 45.3 Å². The van der Waals surface area contributed by atoms with Gasteiger partial charge in [-0.3, -0.25) is 19.5 Å². The Bertz CT molecular complexity index is 607. The van der Waals surface area contributed by atoms with E-state index >= 15 is 0 Å². The van der Waals surface area contributed by atoms with Crippen molar-refractivity contribution in [3.05, 3.63) is 12.2 Å². The molecular weight excluding hydrogens is 475 g/mol. The van der Waals surface area contributed by atoms with Crippen molar-refractivity contribution in [2.24, 2.45) is 28.7 Å². The zero-order chi connectivity index (χ0) is 18.9. The predicted molar refractivity (Wildman–Crippen MR) is 121 cm³/mol. The van der Waals surface area contributed by atoms with Gasteiger partial charge in [-0.15, -0.1) is 24.0 Å². The highest BCUT2D eigenvalue weighted by molar-refractivity contribution is 14.0. The molecule has 2 bridgehead atoms. The molecule has 3 rings (SSSR count). The average molecular weight is 506 g/mol. The van der Waals surface area contributed by atoms with E-state index in [0.29, 0.717) is 19.6 Å². The minimum absolute atomic E-state index is 0. The number of allylic oxidation sites excluding steroid dienone is 2. The molecule has 0 spiro atoms. The number of hydrogen-bond donors (Lipinski definition) is 2. The SMILES string of the molecule is CCNC(=NCC(C)(C)SC)NCCN1C(=O)C2C3C=CC(C3)C2C1=O.I. The summed E-state index contributed by atoms with van der Waals surface area (Å²) in [5.74, 6) is 1.09. The van der Waals surface area contributed by atoms with Gasteiger partial charge in [0.05, 0.1) is 18.4 Å². The molecule has 1 aliphatic heterocycles. The summed E-state index contributed by atoms with van der Waals surface area (Å²) in [7, 11) is 0. The van der Waals surface area contributed by atoms with Crippen molar-refractivity contribution < 1.29 is 9.59 Å². The van der Waals surface area contributed by atoms with Crippen molar-refractivity contribution in [3.8, 4) is 0 Å². The number of guanidine groups is 1. The monoisotopic (exact) mass is 506 g/mol. The van der Waals surface area contributed by atoms with Gasteiger partial charge in [0.1, 0.15) is 0 Å². The third kappa shape index (κ3) is 4.63. The van der Waals surface area contributed by atoms with Crippen LogP contribution in [0.5, 0.6) is 0 Å². The van der Waals surface area contributed by atoms with Gasteiger partial charge in [-0.2, -0.15) is 11.8 Å². The number of amides is 2. The van der Waals surface area contributed by atoms with Crippen molar-refractivity contribution in [2.45, 2.75) is 31.9 Å². The standard InChI is InChI=1S/C19H30N4O2S.HI/c1-5-20-18(22-11-19(2,3)26-4)21-8-9-23-16(24)14-12-6-7-13(10-12)15(14)17(23)25;/h6-7,12-15H,5,8-11H2,1-4H3,(H2,20,21,22);1H. The van der Waals surface area contributed by atoms with Crippen molar-refractivity contribution in [1.82, 2.24) is 15.5 Å². The van der Waals surface area contributed by atoms with Crippen LogP contribution in [-0.2, 0) is 9.59 Å². The minimum atomic E-state index is -0.109. The molecule has 0 aromatic heterocycles. The highest BCUT2D eigenvalue weighted by atomic mass is 127. The van der Waals surface area contributed by atoms with E-state index in [1.54, 1.807) is 11.8 Å². The molecule has 2 aliphatic carbocycles. The predicted octanol–water partition coefficient (Wildman–Crippen LogP) is 2.11. The number of nitrogens with one attached hydrogen (secondary N) is 2. The first-order chi connectivity index (χ1) is 12.4. The van der Waals surface area contributed by atoms with Gasteiger partial charge in [-0.25, -0.2) is 0 Å². The quantitative estimate of drug-likeness (QED) is 0.182. The van der Waals surface area contributed by atoms with Gasteiger partial charge in [0.2, 0.25) is 11.8 Å². The molecule has 1 heterocycles. The maximum Gasteiger partial charge on any atom is 0.233 e. The molecule has 0 aromatic carbocycles. The van der Waals surface area contributed by atoms with Crippen LogP contribution in [-0.4, -0.2) is 59.9 Å². The topological polar surface area (TPSA) is 73.8 Å². The van der Waals surface area contributed by atoms with Gasteiger partial charge in [0.15, 0.2) is 5.96 Å². The number of carbonyl (C=O) groups excluding carboxylic acids is 2. The Kier molecular flexibility index (Phi) is 7.63.